The molecule has 0 aromatic heterocycles. The van der Waals surface area contributed by atoms with Gasteiger partial charge in [0.25, 0.3) is 0 Å². The molecule has 0 rings (SSSR count). The van der Waals surface area contributed by atoms with E-state index in [0.717, 1.165) is 25.7 Å². The van der Waals surface area contributed by atoms with Crippen molar-refractivity contribution in [2.75, 3.05) is 13.2 Å². The fourth-order valence-electron chi connectivity index (χ4n) is 4.63. The molecule has 0 heterocycles. The Morgan fingerprint density at radius 2 is 0.722 bits per heavy atom. The first-order chi connectivity index (χ1) is 17.8. The molecule has 0 aromatic rings. The maximum Gasteiger partial charge on any atom is 0.508 e. The lowest BCUT2D eigenvalue weighted by molar-refractivity contribution is 0.0529. The van der Waals surface area contributed by atoms with Gasteiger partial charge in [-0.05, 0) is 32.1 Å². The molecule has 0 aromatic carbocycles. The Balaban J connectivity index is 3.16. The molecular weight excluding hydrogens is 444 g/mol. The first-order valence-corrected chi connectivity index (χ1v) is 16.3. The molecule has 0 aliphatic carbocycles. The third kappa shape index (κ3) is 31.0. The van der Waals surface area contributed by atoms with E-state index in [9.17, 15) is 4.79 Å². The van der Waals surface area contributed by atoms with E-state index < -0.39 is 6.16 Å². The van der Waals surface area contributed by atoms with Crippen LogP contribution in [0, 0.1) is 0 Å². The summed E-state index contributed by atoms with van der Waals surface area (Å²) in [4.78, 5) is 11.7. The van der Waals surface area contributed by atoms with Gasteiger partial charge < -0.3 is 9.47 Å². The zero-order valence-corrected chi connectivity index (χ0v) is 24.7. The SMILES string of the molecule is CCCCC=CCCCCCCCCOC(=O)OCCCCCCCCCCCCCCCCCC. The third-order valence-corrected chi connectivity index (χ3v) is 7.09. The highest BCUT2D eigenvalue weighted by Gasteiger charge is 2.03. The highest BCUT2D eigenvalue weighted by Crippen LogP contribution is 2.14. The Hall–Kier alpha value is -0.990. The van der Waals surface area contributed by atoms with Crippen LogP contribution in [-0.4, -0.2) is 19.4 Å². The van der Waals surface area contributed by atoms with Gasteiger partial charge in [0.1, 0.15) is 0 Å². The molecule has 0 amide bonds. The second kappa shape index (κ2) is 32.0. The van der Waals surface area contributed by atoms with Crippen molar-refractivity contribution in [3.8, 4) is 0 Å². The summed E-state index contributed by atoms with van der Waals surface area (Å²) in [7, 11) is 0. The second-order valence-corrected chi connectivity index (χ2v) is 10.8. The minimum absolute atomic E-state index is 0.481. The molecule has 0 saturated heterocycles. The molecule has 0 aliphatic heterocycles. The van der Waals surface area contributed by atoms with E-state index in [1.54, 1.807) is 0 Å². The van der Waals surface area contributed by atoms with Crippen molar-refractivity contribution in [3.63, 3.8) is 0 Å². The fourth-order valence-corrected chi connectivity index (χ4v) is 4.63. The zero-order chi connectivity index (χ0) is 26.2. The Morgan fingerprint density at radius 1 is 0.417 bits per heavy atom. The van der Waals surface area contributed by atoms with Gasteiger partial charge in [0, 0.05) is 0 Å². The van der Waals surface area contributed by atoms with E-state index >= 15 is 0 Å². The van der Waals surface area contributed by atoms with Crippen LogP contribution in [0.4, 0.5) is 4.79 Å². The summed E-state index contributed by atoms with van der Waals surface area (Å²) in [6.07, 6.45) is 38.1. The van der Waals surface area contributed by atoms with Gasteiger partial charge in [0.05, 0.1) is 13.2 Å². The van der Waals surface area contributed by atoms with Crippen LogP contribution in [0.5, 0.6) is 0 Å². The Kier molecular flexibility index (Phi) is 31.2. The highest BCUT2D eigenvalue weighted by atomic mass is 16.7. The van der Waals surface area contributed by atoms with Crippen molar-refractivity contribution in [2.24, 2.45) is 0 Å². The normalized spacial score (nSPS) is 11.4. The van der Waals surface area contributed by atoms with Crippen molar-refractivity contribution in [3.05, 3.63) is 12.2 Å². The number of carbonyl (C=O) groups excluding carboxylic acids is 1. The number of hydrogen-bond donors (Lipinski definition) is 0. The lowest BCUT2D eigenvalue weighted by Gasteiger charge is -2.06. The lowest BCUT2D eigenvalue weighted by atomic mass is 10.0. The van der Waals surface area contributed by atoms with Crippen LogP contribution < -0.4 is 0 Å². The van der Waals surface area contributed by atoms with Gasteiger partial charge >= 0.3 is 6.16 Å². The van der Waals surface area contributed by atoms with Crippen LogP contribution in [-0.2, 0) is 9.47 Å². The molecule has 0 N–H and O–H groups in total. The largest absolute Gasteiger partial charge is 0.508 e. The van der Waals surface area contributed by atoms with Gasteiger partial charge in [-0.3, -0.25) is 0 Å². The highest BCUT2D eigenvalue weighted by molar-refractivity contribution is 5.59. The summed E-state index contributed by atoms with van der Waals surface area (Å²) in [5.41, 5.74) is 0. The molecule has 0 radical (unpaired) electrons. The van der Waals surface area contributed by atoms with E-state index in [4.69, 9.17) is 9.47 Å². The molecule has 0 spiro atoms. The van der Waals surface area contributed by atoms with Crippen LogP contribution in [0.2, 0.25) is 0 Å². The summed E-state index contributed by atoms with van der Waals surface area (Å²) in [6, 6.07) is 0. The van der Waals surface area contributed by atoms with Crippen LogP contribution >= 0.6 is 0 Å². The van der Waals surface area contributed by atoms with Crippen molar-refractivity contribution >= 4 is 6.16 Å². The molecule has 0 aliphatic rings. The van der Waals surface area contributed by atoms with Crippen LogP contribution in [0.3, 0.4) is 0 Å². The topological polar surface area (TPSA) is 35.5 Å². The molecular formula is C33H64O3. The molecule has 3 heteroatoms. The summed E-state index contributed by atoms with van der Waals surface area (Å²) < 4.78 is 10.4. The van der Waals surface area contributed by atoms with Crippen LogP contribution in [0.15, 0.2) is 12.2 Å². The van der Waals surface area contributed by atoms with E-state index in [-0.39, 0.29) is 0 Å². The Labute approximate surface area is 226 Å². The molecule has 0 unspecified atom stereocenters. The quantitative estimate of drug-likeness (QED) is 0.0572. The van der Waals surface area contributed by atoms with Crippen molar-refractivity contribution in [1.29, 1.82) is 0 Å². The standard InChI is InChI=1S/C33H64O3/c1-3-5-7-9-11-13-15-17-18-19-20-22-24-26-28-30-32-36-33(34)35-31-29-27-25-23-21-16-14-12-10-8-6-4-2/h10,12H,3-9,11,13-32H2,1-2H3. The zero-order valence-electron chi connectivity index (χ0n) is 24.7. The van der Waals surface area contributed by atoms with Crippen molar-refractivity contribution in [2.45, 2.75) is 181 Å². The molecule has 0 saturated carbocycles. The van der Waals surface area contributed by atoms with E-state index in [2.05, 4.69) is 26.0 Å². The van der Waals surface area contributed by atoms with Crippen molar-refractivity contribution in [1.82, 2.24) is 0 Å². The number of hydrogen-bond acceptors (Lipinski definition) is 3. The monoisotopic (exact) mass is 508 g/mol. The maximum atomic E-state index is 11.7. The molecule has 36 heavy (non-hydrogen) atoms. The van der Waals surface area contributed by atoms with Gasteiger partial charge in [0.2, 0.25) is 0 Å². The molecule has 0 bridgehead atoms. The van der Waals surface area contributed by atoms with Crippen molar-refractivity contribution < 1.29 is 14.3 Å². The molecule has 214 valence electrons. The number of unbranched alkanes of at least 4 members (excludes halogenated alkanes) is 23. The first-order valence-electron chi connectivity index (χ1n) is 16.3. The fraction of sp³-hybridized carbons (Fsp3) is 0.909. The smallest absolute Gasteiger partial charge is 0.434 e. The summed E-state index contributed by atoms with van der Waals surface area (Å²) in [5.74, 6) is 0. The first kappa shape index (κ1) is 35.0. The number of allylic oxidation sites excluding steroid dienone is 2. The summed E-state index contributed by atoms with van der Waals surface area (Å²) in [6.45, 7) is 5.53. The maximum absolute atomic E-state index is 11.7. The molecule has 3 nitrogen and oxygen atoms in total. The van der Waals surface area contributed by atoms with E-state index in [1.165, 1.54) is 141 Å². The summed E-state index contributed by atoms with van der Waals surface area (Å²) in [5, 5.41) is 0. The van der Waals surface area contributed by atoms with Crippen LogP contribution in [0.1, 0.15) is 181 Å². The number of ether oxygens (including phenoxy) is 2. The van der Waals surface area contributed by atoms with E-state index in [0.29, 0.717) is 13.2 Å². The Bertz CT molecular complexity index is 446. The van der Waals surface area contributed by atoms with E-state index in [1.807, 2.05) is 0 Å². The minimum atomic E-state index is -0.481. The van der Waals surface area contributed by atoms with Crippen LogP contribution in [0.25, 0.3) is 0 Å². The van der Waals surface area contributed by atoms with Gasteiger partial charge in [-0.2, -0.15) is 0 Å². The third-order valence-electron chi connectivity index (χ3n) is 7.09. The average molecular weight is 509 g/mol. The second-order valence-electron chi connectivity index (χ2n) is 10.8. The average Bonchev–Trinajstić information content (AvgIpc) is 2.88. The number of carbonyl (C=O) groups is 1. The predicted molar refractivity (Wildman–Crippen MR) is 158 cm³/mol. The number of rotatable bonds is 29. The Morgan fingerprint density at radius 3 is 1.11 bits per heavy atom. The minimum Gasteiger partial charge on any atom is -0.434 e. The molecule has 0 atom stereocenters. The van der Waals surface area contributed by atoms with Gasteiger partial charge in [-0.25, -0.2) is 4.79 Å². The molecule has 0 fully saturated rings. The van der Waals surface area contributed by atoms with Gasteiger partial charge in [-0.1, -0.05) is 161 Å². The van der Waals surface area contributed by atoms with Gasteiger partial charge in [-0.15, -0.1) is 0 Å². The predicted octanol–water partition coefficient (Wildman–Crippen LogP) is 11.9. The lowest BCUT2D eigenvalue weighted by Crippen LogP contribution is -2.09. The van der Waals surface area contributed by atoms with Gasteiger partial charge in [0.15, 0.2) is 0 Å². The summed E-state index contributed by atoms with van der Waals surface area (Å²) >= 11 is 0.